The molecule has 0 N–H and O–H groups in total. The van der Waals surface area contributed by atoms with E-state index in [0.29, 0.717) is 42.6 Å². The van der Waals surface area contributed by atoms with Crippen molar-refractivity contribution in [1.82, 2.24) is 9.88 Å². The lowest BCUT2D eigenvalue weighted by Crippen LogP contribution is -2.32. The lowest BCUT2D eigenvalue weighted by atomic mass is 10.0. The third-order valence-electron chi connectivity index (χ3n) is 5.49. The van der Waals surface area contributed by atoms with Gasteiger partial charge in [-0.15, -0.1) is 0 Å². The van der Waals surface area contributed by atoms with Crippen LogP contribution in [0.15, 0.2) is 60.5 Å². The molecule has 3 aromatic rings. The summed E-state index contributed by atoms with van der Waals surface area (Å²) in [5.74, 6) is 2.81. The standard InChI is InChI=1S/C24H18N2O5/c27-23-17-5-7-19-18(12-26(13-28-19)11-16-3-1-2-8-25-16)24(17)31-22(23)10-15-4-6-20-21(9-15)30-14-29-20/h1-10H,11-14H2/b22-10-. The maximum atomic E-state index is 13.0. The van der Waals surface area contributed by atoms with Gasteiger partial charge in [-0.05, 0) is 48.0 Å². The number of ketones is 1. The average molecular weight is 414 g/mol. The Morgan fingerprint density at radius 3 is 2.81 bits per heavy atom. The van der Waals surface area contributed by atoms with Crippen LogP contribution < -0.4 is 18.9 Å². The number of aromatic nitrogens is 1. The van der Waals surface area contributed by atoms with Crippen LogP contribution in [0.25, 0.3) is 6.08 Å². The van der Waals surface area contributed by atoms with Gasteiger partial charge in [-0.2, -0.15) is 0 Å². The molecular formula is C24H18N2O5. The van der Waals surface area contributed by atoms with Gasteiger partial charge in [-0.1, -0.05) is 12.1 Å². The molecule has 7 heteroatoms. The summed E-state index contributed by atoms with van der Waals surface area (Å²) in [6.45, 7) is 1.92. The van der Waals surface area contributed by atoms with Crippen molar-refractivity contribution in [1.29, 1.82) is 0 Å². The van der Waals surface area contributed by atoms with Gasteiger partial charge in [0.1, 0.15) is 18.2 Å². The van der Waals surface area contributed by atoms with Gasteiger partial charge in [0.25, 0.3) is 0 Å². The number of hydrogen-bond donors (Lipinski definition) is 0. The molecule has 0 unspecified atom stereocenters. The summed E-state index contributed by atoms with van der Waals surface area (Å²) >= 11 is 0. The van der Waals surface area contributed by atoms with Crippen molar-refractivity contribution in [3.8, 4) is 23.0 Å². The maximum absolute atomic E-state index is 13.0. The van der Waals surface area contributed by atoms with Crippen LogP contribution in [-0.4, -0.2) is 29.2 Å². The van der Waals surface area contributed by atoms with Crippen molar-refractivity contribution in [3.05, 3.63) is 82.9 Å². The van der Waals surface area contributed by atoms with Crippen LogP contribution in [0.3, 0.4) is 0 Å². The third-order valence-corrected chi connectivity index (χ3v) is 5.49. The van der Waals surface area contributed by atoms with Crippen LogP contribution in [0, 0.1) is 0 Å². The van der Waals surface area contributed by atoms with Crippen LogP contribution in [0.5, 0.6) is 23.0 Å². The molecule has 154 valence electrons. The second-order valence-corrected chi connectivity index (χ2v) is 7.55. The second-order valence-electron chi connectivity index (χ2n) is 7.55. The van der Waals surface area contributed by atoms with E-state index in [-0.39, 0.29) is 18.3 Å². The Morgan fingerprint density at radius 2 is 1.90 bits per heavy atom. The third kappa shape index (κ3) is 3.19. The minimum absolute atomic E-state index is 0.141. The van der Waals surface area contributed by atoms with Crippen molar-refractivity contribution in [2.24, 2.45) is 0 Å². The number of carbonyl (C=O) groups is 1. The van der Waals surface area contributed by atoms with Gasteiger partial charge in [-0.3, -0.25) is 14.7 Å². The monoisotopic (exact) mass is 414 g/mol. The molecule has 0 aliphatic carbocycles. The fourth-order valence-corrected chi connectivity index (χ4v) is 3.98. The SMILES string of the molecule is O=C1/C(=C/c2ccc3c(c2)OCO3)Oc2c1ccc1c2CN(Cc2ccccn2)CO1. The number of ether oxygens (including phenoxy) is 4. The van der Waals surface area contributed by atoms with E-state index in [4.69, 9.17) is 18.9 Å². The lowest BCUT2D eigenvalue weighted by molar-refractivity contribution is 0.0861. The smallest absolute Gasteiger partial charge is 0.231 e. The molecule has 7 nitrogen and oxygen atoms in total. The van der Waals surface area contributed by atoms with E-state index in [0.717, 1.165) is 22.6 Å². The van der Waals surface area contributed by atoms with Crippen molar-refractivity contribution < 1.29 is 23.7 Å². The molecule has 0 radical (unpaired) electrons. The summed E-state index contributed by atoms with van der Waals surface area (Å²) in [6.07, 6.45) is 3.51. The number of hydrogen-bond acceptors (Lipinski definition) is 7. The Kier molecular flexibility index (Phi) is 4.14. The van der Waals surface area contributed by atoms with Gasteiger partial charge >= 0.3 is 0 Å². The fourth-order valence-electron chi connectivity index (χ4n) is 3.98. The molecule has 31 heavy (non-hydrogen) atoms. The Morgan fingerprint density at radius 1 is 1.00 bits per heavy atom. The molecule has 6 rings (SSSR count). The quantitative estimate of drug-likeness (QED) is 0.604. The lowest BCUT2D eigenvalue weighted by Gasteiger charge is -2.29. The number of nitrogens with zero attached hydrogens (tertiary/aromatic N) is 2. The molecule has 1 aromatic heterocycles. The molecule has 0 fully saturated rings. The molecular weight excluding hydrogens is 396 g/mol. The average Bonchev–Trinajstić information content (AvgIpc) is 3.39. The molecule has 0 saturated carbocycles. The molecule has 0 spiro atoms. The van der Waals surface area contributed by atoms with Crippen LogP contribution in [0.4, 0.5) is 0 Å². The summed E-state index contributed by atoms with van der Waals surface area (Å²) in [7, 11) is 0. The summed E-state index contributed by atoms with van der Waals surface area (Å²) in [6, 6.07) is 15.0. The molecule has 3 aliphatic rings. The van der Waals surface area contributed by atoms with Gasteiger partial charge < -0.3 is 18.9 Å². The van der Waals surface area contributed by atoms with Gasteiger partial charge in [0, 0.05) is 19.3 Å². The van der Waals surface area contributed by atoms with Crippen LogP contribution in [-0.2, 0) is 13.1 Å². The minimum atomic E-state index is -0.141. The molecule has 0 amide bonds. The highest BCUT2D eigenvalue weighted by molar-refractivity contribution is 6.15. The summed E-state index contributed by atoms with van der Waals surface area (Å²) in [5, 5.41) is 0. The number of benzene rings is 2. The number of Topliss-reactive ketones (excluding diaryl/α,β-unsaturated/α-hetero) is 1. The molecule has 0 bridgehead atoms. The first-order valence-corrected chi connectivity index (χ1v) is 9.99. The van der Waals surface area contributed by atoms with Crippen molar-refractivity contribution in [2.75, 3.05) is 13.5 Å². The number of rotatable bonds is 3. The first-order chi connectivity index (χ1) is 15.2. The molecule has 0 atom stereocenters. The first kappa shape index (κ1) is 18.0. The van der Waals surface area contributed by atoms with Crippen molar-refractivity contribution in [3.63, 3.8) is 0 Å². The van der Waals surface area contributed by atoms with E-state index in [9.17, 15) is 4.79 Å². The maximum Gasteiger partial charge on any atom is 0.231 e. The van der Waals surface area contributed by atoms with E-state index in [1.54, 1.807) is 18.3 Å². The van der Waals surface area contributed by atoms with Crippen LogP contribution in [0.1, 0.15) is 27.2 Å². The Bertz CT molecular complexity index is 1220. The zero-order valence-corrected chi connectivity index (χ0v) is 16.5. The van der Waals surface area contributed by atoms with Crippen LogP contribution in [0.2, 0.25) is 0 Å². The summed E-state index contributed by atoms with van der Waals surface area (Å²) in [5.41, 5.74) is 3.20. The Hall–Kier alpha value is -3.84. The number of allylic oxidation sites excluding steroid dienone is 1. The summed E-state index contributed by atoms with van der Waals surface area (Å²) < 4.78 is 22.8. The Balaban J connectivity index is 1.29. The number of fused-ring (bicyclic) bond motifs is 4. The minimum Gasteiger partial charge on any atom is -0.478 e. The van der Waals surface area contributed by atoms with Gasteiger partial charge in [-0.25, -0.2) is 0 Å². The van der Waals surface area contributed by atoms with Crippen molar-refractivity contribution in [2.45, 2.75) is 13.1 Å². The molecule has 4 heterocycles. The van der Waals surface area contributed by atoms with Crippen molar-refractivity contribution >= 4 is 11.9 Å². The van der Waals surface area contributed by atoms with Gasteiger partial charge in [0.05, 0.1) is 16.8 Å². The largest absolute Gasteiger partial charge is 0.478 e. The number of carbonyl (C=O) groups excluding carboxylic acids is 1. The summed E-state index contributed by atoms with van der Waals surface area (Å²) in [4.78, 5) is 19.5. The number of pyridine rings is 1. The predicted octanol–water partition coefficient (Wildman–Crippen LogP) is 3.78. The van der Waals surface area contributed by atoms with E-state index in [1.807, 2.05) is 42.5 Å². The highest BCUT2D eigenvalue weighted by atomic mass is 16.7. The fraction of sp³-hybridized carbons (Fsp3) is 0.167. The van der Waals surface area contributed by atoms with E-state index in [2.05, 4.69) is 9.88 Å². The van der Waals surface area contributed by atoms with Gasteiger partial charge in [0.15, 0.2) is 17.3 Å². The second kappa shape index (κ2) is 7.14. The highest BCUT2D eigenvalue weighted by Crippen LogP contribution is 2.42. The van der Waals surface area contributed by atoms with Crippen LogP contribution >= 0.6 is 0 Å². The molecule has 2 aromatic carbocycles. The van der Waals surface area contributed by atoms with E-state index >= 15 is 0 Å². The molecule has 0 saturated heterocycles. The highest BCUT2D eigenvalue weighted by Gasteiger charge is 2.33. The predicted molar refractivity (Wildman–Crippen MR) is 111 cm³/mol. The molecule has 3 aliphatic heterocycles. The zero-order chi connectivity index (χ0) is 20.8. The van der Waals surface area contributed by atoms with E-state index < -0.39 is 0 Å². The normalized spacial score (nSPS) is 17.8. The van der Waals surface area contributed by atoms with Gasteiger partial charge in [0.2, 0.25) is 12.6 Å². The zero-order valence-electron chi connectivity index (χ0n) is 16.5. The van der Waals surface area contributed by atoms with E-state index in [1.165, 1.54) is 0 Å². The Labute approximate surface area is 178 Å². The topological polar surface area (TPSA) is 70.1 Å². The first-order valence-electron chi connectivity index (χ1n) is 9.99.